The molecule has 0 N–H and O–H groups in total. The van der Waals surface area contributed by atoms with Crippen LogP contribution in [-0.2, 0) is 0 Å². The molecule has 3 aromatic rings. The number of methoxy groups -OCH3 is 2. The molecule has 0 saturated heterocycles. The normalized spacial score (nSPS) is 10.4. The monoisotopic (exact) mass is 300 g/mol. The number of hydrogen-bond donors (Lipinski definition) is 0. The first-order chi connectivity index (χ1) is 10.3. The molecule has 0 aliphatic carbocycles. The number of para-hydroxylation sites is 4. The summed E-state index contributed by atoms with van der Waals surface area (Å²) in [6, 6.07) is 16.0. The Morgan fingerprint density at radius 3 is 1.57 bits per heavy atom. The zero-order valence-corrected chi connectivity index (χ0v) is 13.0. The van der Waals surface area contributed by atoms with Gasteiger partial charge in [0.1, 0.15) is 0 Å². The smallest absolute Gasteiger partial charge is 0.399 e. The number of aromatic nitrogens is 2. The van der Waals surface area contributed by atoms with Crippen LogP contribution in [0, 0.1) is 0 Å². The number of rotatable bonds is 4. The average molecular weight is 300 g/mol. The highest BCUT2D eigenvalue weighted by Gasteiger charge is 2.22. The lowest BCUT2D eigenvalue weighted by atomic mass is 10.3. The third kappa shape index (κ3) is 2.63. The van der Waals surface area contributed by atoms with Gasteiger partial charge in [0.2, 0.25) is 12.4 Å². The maximum Gasteiger partial charge on any atom is 0.399 e. The molecule has 3 rings (SSSR count). The van der Waals surface area contributed by atoms with Crippen molar-refractivity contribution in [2.24, 2.45) is 0 Å². The summed E-state index contributed by atoms with van der Waals surface area (Å²) in [4.78, 5) is 0. The van der Waals surface area contributed by atoms with E-state index in [4.69, 9.17) is 9.47 Å². The first kappa shape index (κ1) is 13.7. The zero-order chi connectivity index (χ0) is 14.7. The van der Waals surface area contributed by atoms with Gasteiger partial charge in [-0.3, -0.25) is 0 Å². The van der Waals surface area contributed by atoms with Gasteiger partial charge in [0.05, 0.1) is 14.2 Å². The Morgan fingerprint density at radius 2 is 1.14 bits per heavy atom. The third-order valence-corrected chi connectivity index (χ3v) is 4.48. The highest BCUT2D eigenvalue weighted by molar-refractivity contribution is 7.12. The summed E-state index contributed by atoms with van der Waals surface area (Å²) in [5, 5.41) is 0. The van der Waals surface area contributed by atoms with Crippen LogP contribution in [0.2, 0.25) is 0 Å². The third-order valence-electron chi connectivity index (χ3n) is 3.27. The number of ether oxygens (including phenoxy) is 2. The predicted molar refractivity (Wildman–Crippen MR) is 82.1 cm³/mol. The topological polar surface area (TPSA) is 26.2 Å². The van der Waals surface area contributed by atoms with Gasteiger partial charge in [-0.2, -0.15) is 0 Å². The van der Waals surface area contributed by atoms with E-state index in [0.717, 1.165) is 22.9 Å². The fourth-order valence-corrected chi connectivity index (χ4v) is 3.33. The van der Waals surface area contributed by atoms with Crippen LogP contribution >= 0.6 is 8.51 Å². The van der Waals surface area contributed by atoms with Gasteiger partial charge in [0, 0.05) is 12.1 Å². The van der Waals surface area contributed by atoms with Crippen molar-refractivity contribution in [1.29, 1.82) is 0 Å². The van der Waals surface area contributed by atoms with E-state index in [9.17, 15) is 0 Å². The van der Waals surface area contributed by atoms with Gasteiger partial charge in [-0.05, 0) is 12.1 Å². The summed E-state index contributed by atoms with van der Waals surface area (Å²) < 4.78 is 15.2. The van der Waals surface area contributed by atoms with Gasteiger partial charge in [0.15, 0.2) is 11.5 Å². The second-order valence-corrected chi connectivity index (χ2v) is 5.65. The molecular weight excluding hydrogens is 283 g/mol. The van der Waals surface area contributed by atoms with Crippen molar-refractivity contribution in [1.82, 2.24) is 0 Å². The van der Waals surface area contributed by atoms with E-state index in [0.29, 0.717) is 8.51 Å². The molecule has 0 unspecified atom stereocenters. The molecule has 0 saturated carbocycles. The van der Waals surface area contributed by atoms with Crippen LogP contribution in [0.3, 0.4) is 0 Å². The fraction of sp³-hybridized carbons (Fsp3) is 0.125. The van der Waals surface area contributed by atoms with Crippen molar-refractivity contribution < 1.29 is 18.1 Å². The van der Waals surface area contributed by atoms with Crippen LogP contribution in [0.4, 0.5) is 0 Å². The molecular formula is C16H17N2O2P+2. The van der Waals surface area contributed by atoms with Crippen molar-refractivity contribution in [3.8, 4) is 22.9 Å². The van der Waals surface area contributed by atoms with Crippen LogP contribution in [0.25, 0.3) is 11.4 Å². The minimum Gasteiger partial charge on any atom is -0.490 e. The molecule has 106 valence electrons. The van der Waals surface area contributed by atoms with Crippen LogP contribution in [0.1, 0.15) is 0 Å². The molecule has 2 aromatic carbocycles. The van der Waals surface area contributed by atoms with E-state index in [1.165, 1.54) is 0 Å². The molecule has 1 heterocycles. The Bertz CT molecular complexity index is 693. The van der Waals surface area contributed by atoms with Crippen molar-refractivity contribution >= 4 is 8.51 Å². The molecule has 0 aliphatic heterocycles. The SMILES string of the molecule is COc1ccccc1-[n+]1cc[n+](-c2ccccc2OC)[pH]1. The Labute approximate surface area is 125 Å². The minimum absolute atomic E-state index is 0.440. The van der Waals surface area contributed by atoms with Gasteiger partial charge in [0.25, 0.3) is 11.4 Å². The molecule has 0 fully saturated rings. The summed E-state index contributed by atoms with van der Waals surface area (Å²) in [6.07, 6.45) is 4.12. The van der Waals surface area contributed by atoms with E-state index in [2.05, 4.69) is 33.2 Å². The number of benzene rings is 2. The lowest BCUT2D eigenvalue weighted by molar-refractivity contribution is -0.562. The van der Waals surface area contributed by atoms with Crippen molar-refractivity contribution in [3.63, 3.8) is 0 Å². The number of hydrogen-bond acceptors (Lipinski definition) is 2. The lowest BCUT2D eigenvalue weighted by Crippen LogP contribution is -2.28. The van der Waals surface area contributed by atoms with Crippen molar-refractivity contribution in [3.05, 3.63) is 60.9 Å². The molecule has 0 atom stereocenters. The van der Waals surface area contributed by atoms with Crippen LogP contribution < -0.4 is 18.1 Å². The molecule has 1 aromatic heterocycles. The first-order valence-corrected chi connectivity index (χ1v) is 7.52. The largest absolute Gasteiger partial charge is 0.490 e. The van der Waals surface area contributed by atoms with E-state index < -0.39 is 0 Å². The van der Waals surface area contributed by atoms with E-state index in [1.54, 1.807) is 14.2 Å². The summed E-state index contributed by atoms with van der Waals surface area (Å²) in [7, 11) is 3.83. The second kappa shape index (κ2) is 5.98. The highest BCUT2D eigenvalue weighted by Crippen LogP contribution is 2.20. The zero-order valence-electron chi connectivity index (χ0n) is 12.0. The van der Waals surface area contributed by atoms with Crippen molar-refractivity contribution in [2.45, 2.75) is 0 Å². The lowest BCUT2D eigenvalue weighted by Gasteiger charge is -2.00. The van der Waals surface area contributed by atoms with E-state index in [-0.39, 0.29) is 0 Å². The molecule has 0 bridgehead atoms. The van der Waals surface area contributed by atoms with Crippen LogP contribution in [0.15, 0.2) is 60.9 Å². The molecule has 4 nitrogen and oxygen atoms in total. The fourth-order valence-electron chi connectivity index (χ4n) is 2.24. The highest BCUT2D eigenvalue weighted by atomic mass is 31.1. The predicted octanol–water partition coefficient (Wildman–Crippen LogP) is 2.29. The Balaban J connectivity index is 2.04. The van der Waals surface area contributed by atoms with E-state index >= 15 is 0 Å². The maximum atomic E-state index is 5.43. The Kier molecular flexibility index (Phi) is 3.89. The molecule has 0 spiro atoms. The van der Waals surface area contributed by atoms with Gasteiger partial charge in [-0.1, -0.05) is 32.9 Å². The summed E-state index contributed by atoms with van der Waals surface area (Å²) in [5.74, 6) is 1.74. The summed E-state index contributed by atoms with van der Waals surface area (Å²) in [5.41, 5.74) is 2.12. The molecule has 21 heavy (non-hydrogen) atoms. The minimum atomic E-state index is 0.440. The van der Waals surface area contributed by atoms with Crippen LogP contribution in [0.5, 0.6) is 11.5 Å². The molecule has 5 heteroatoms. The first-order valence-electron chi connectivity index (χ1n) is 6.62. The maximum absolute atomic E-state index is 5.43. The average Bonchev–Trinajstić information content (AvgIpc) is 3.04. The summed E-state index contributed by atoms with van der Waals surface area (Å²) in [6.45, 7) is 0. The molecule has 0 aliphatic rings. The molecule has 0 radical (unpaired) electrons. The molecule has 0 amide bonds. The Hall–Kier alpha value is -2.32. The van der Waals surface area contributed by atoms with Gasteiger partial charge in [-0.25, -0.2) is 0 Å². The Morgan fingerprint density at radius 1 is 0.714 bits per heavy atom. The van der Waals surface area contributed by atoms with Crippen molar-refractivity contribution in [2.75, 3.05) is 14.2 Å². The van der Waals surface area contributed by atoms with Crippen LogP contribution in [-0.4, -0.2) is 14.2 Å². The van der Waals surface area contributed by atoms with Gasteiger partial charge >= 0.3 is 8.51 Å². The summed E-state index contributed by atoms with van der Waals surface area (Å²) >= 11 is 0. The van der Waals surface area contributed by atoms with Gasteiger partial charge in [-0.15, -0.1) is 0 Å². The van der Waals surface area contributed by atoms with Gasteiger partial charge < -0.3 is 9.47 Å². The van der Waals surface area contributed by atoms with E-state index in [1.807, 2.05) is 36.4 Å². The second-order valence-electron chi connectivity index (χ2n) is 4.48. The quantitative estimate of drug-likeness (QED) is 0.739. The number of nitrogens with zero attached hydrogens (tertiary/aromatic N) is 2. The standard InChI is InChI=1S/C16H17N2O2P/c1-19-15-9-5-3-7-13(15)17-11-12-18(21-17)14-8-4-6-10-16(14)20-2/h3-12,21H,1-2H3/q+2.